The van der Waals surface area contributed by atoms with Crippen molar-refractivity contribution in [2.24, 2.45) is 0 Å². The van der Waals surface area contributed by atoms with Crippen LogP contribution in [0.3, 0.4) is 0 Å². The number of hydrogen-bond acceptors (Lipinski definition) is 3. The largest absolute Gasteiger partial charge is 0.465 e. The molecule has 1 heterocycles. The Morgan fingerprint density at radius 2 is 1.90 bits per heavy atom. The summed E-state index contributed by atoms with van der Waals surface area (Å²) in [5.41, 5.74) is -1.83. The SMILES string of the molecule is CC1(C)OC[C@](Cc2ccccc2)(C2(O)CC2)N1C(=O)O. The summed E-state index contributed by atoms with van der Waals surface area (Å²) in [6.07, 6.45) is 0.639. The minimum Gasteiger partial charge on any atom is -0.465 e. The standard InChI is InChI=1S/C16H21NO4/c1-14(2)17(13(18)19)15(11-21-14,16(20)8-9-16)10-12-6-4-3-5-7-12/h3-7,20H,8-11H2,1-2H3,(H,18,19)/t15-/m1/s1. The maximum Gasteiger partial charge on any atom is 0.410 e. The lowest BCUT2D eigenvalue weighted by atomic mass is 9.82. The van der Waals surface area contributed by atoms with Crippen molar-refractivity contribution in [3.8, 4) is 0 Å². The van der Waals surface area contributed by atoms with Crippen LogP contribution in [0, 0.1) is 0 Å². The van der Waals surface area contributed by atoms with Gasteiger partial charge in [-0.3, -0.25) is 4.90 Å². The third kappa shape index (κ3) is 2.12. The predicted octanol–water partition coefficient (Wildman–Crippen LogP) is 2.24. The summed E-state index contributed by atoms with van der Waals surface area (Å²) in [5, 5.41) is 20.5. The minimum atomic E-state index is -1.05. The second kappa shape index (κ2) is 4.45. The molecule has 0 unspecified atom stereocenters. The molecule has 5 heteroatoms. The summed E-state index contributed by atoms with van der Waals surface area (Å²) >= 11 is 0. The van der Waals surface area contributed by atoms with Crippen molar-refractivity contribution in [3.63, 3.8) is 0 Å². The van der Waals surface area contributed by atoms with Crippen LogP contribution in [0.15, 0.2) is 30.3 Å². The number of nitrogens with zero attached hydrogens (tertiary/aromatic N) is 1. The highest BCUT2D eigenvalue weighted by Gasteiger charge is 2.68. The normalized spacial score (nSPS) is 29.4. The van der Waals surface area contributed by atoms with Gasteiger partial charge in [0.05, 0.1) is 12.2 Å². The van der Waals surface area contributed by atoms with Crippen LogP contribution in [0.2, 0.25) is 0 Å². The van der Waals surface area contributed by atoms with Gasteiger partial charge >= 0.3 is 6.09 Å². The highest BCUT2D eigenvalue weighted by molar-refractivity contribution is 5.68. The Labute approximate surface area is 124 Å². The van der Waals surface area contributed by atoms with Gasteiger partial charge in [0.15, 0.2) is 0 Å². The molecule has 1 aromatic carbocycles. The molecule has 2 fully saturated rings. The average Bonchev–Trinajstić information content (AvgIpc) is 3.09. The van der Waals surface area contributed by atoms with Crippen molar-refractivity contribution < 1.29 is 19.7 Å². The molecule has 3 rings (SSSR count). The lowest BCUT2D eigenvalue weighted by Gasteiger charge is -2.43. The Bertz CT molecular complexity index is 553. The molecule has 1 saturated heterocycles. The maximum absolute atomic E-state index is 11.8. The number of ether oxygens (including phenoxy) is 1. The van der Waals surface area contributed by atoms with Crippen LogP contribution in [0.5, 0.6) is 0 Å². The Morgan fingerprint density at radius 3 is 2.43 bits per heavy atom. The summed E-state index contributed by atoms with van der Waals surface area (Å²) in [7, 11) is 0. The zero-order valence-electron chi connectivity index (χ0n) is 12.4. The third-order valence-electron chi connectivity index (χ3n) is 4.75. The predicted molar refractivity (Wildman–Crippen MR) is 77.0 cm³/mol. The summed E-state index contributed by atoms with van der Waals surface area (Å²) in [6.45, 7) is 3.69. The van der Waals surface area contributed by atoms with Gasteiger partial charge in [-0.1, -0.05) is 30.3 Å². The molecule has 0 bridgehead atoms. The van der Waals surface area contributed by atoms with Gasteiger partial charge in [-0.05, 0) is 32.3 Å². The van der Waals surface area contributed by atoms with Crippen molar-refractivity contribution in [1.29, 1.82) is 0 Å². The summed E-state index contributed by atoms with van der Waals surface area (Å²) in [4.78, 5) is 13.2. The molecule has 2 aliphatic rings. The first kappa shape index (κ1) is 14.4. The average molecular weight is 291 g/mol. The van der Waals surface area contributed by atoms with Crippen LogP contribution in [0.4, 0.5) is 4.79 Å². The molecule has 114 valence electrons. The zero-order chi connectivity index (χ0) is 15.3. The highest BCUT2D eigenvalue weighted by atomic mass is 16.5. The molecule has 0 spiro atoms. The molecule has 1 saturated carbocycles. The van der Waals surface area contributed by atoms with E-state index in [4.69, 9.17) is 4.74 Å². The fraction of sp³-hybridized carbons (Fsp3) is 0.562. The van der Waals surface area contributed by atoms with Crippen LogP contribution in [0.1, 0.15) is 32.3 Å². The highest BCUT2D eigenvalue weighted by Crippen LogP contribution is 2.54. The van der Waals surface area contributed by atoms with E-state index in [0.717, 1.165) is 5.56 Å². The van der Waals surface area contributed by atoms with E-state index in [2.05, 4.69) is 0 Å². The molecule has 21 heavy (non-hydrogen) atoms. The lowest BCUT2D eigenvalue weighted by Crippen LogP contribution is -2.63. The fourth-order valence-corrected chi connectivity index (χ4v) is 3.51. The molecule has 1 aromatic rings. The zero-order valence-corrected chi connectivity index (χ0v) is 12.4. The second-order valence-electron chi connectivity index (χ2n) is 6.58. The van der Waals surface area contributed by atoms with E-state index in [1.54, 1.807) is 13.8 Å². The van der Waals surface area contributed by atoms with E-state index in [1.807, 2.05) is 30.3 Å². The third-order valence-corrected chi connectivity index (χ3v) is 4.75. The number of benzene rings is 1. The van der Waals surface area contributed by atoms with Crippen molar-refractivity contribution in [2.75, 3.05) is 6.61 Å². The smallest absolute Gasteiger partial charge is 0.410 e. The quantitative estimate of drug-likeness (QED) is 0.896. The molecule has 0 aromatic heterocycles. The number of amides is 1. The van der Waals surface area contributed by atoms with Gasteiger partial charge in [0.1, 0.15) is 11.3 Å². The summed E-state index contributed by atoms with van der Waals surface area (Å²) < 4.78 is 5.75. The number of rotatable bonds is 3. The molecular weight excluding hydrogens is 270 g/mol. The number of aliphatic hydroxyl groups is 1. The first-order valence-corrected chi connectivity index (χ1v) is 7.24. The summed E-state index contributed by atoms with van der Waals surface area (Å²) in [5.74, 6) is 0. The van der Waals surface area contributed by atoms with Gasteiger partial charge in [0, 0.05) is 6.42 Å². The molecule has 2 N–H and O–H groups in total. The van der Waals surface area contributed by atoms with Gasteiger partial charge in [-0.15, -0.1) is 0 Å². The van der Waals surface area contributed by atoms with Gasteiger partial charge in [0.25, 0.3) is 0 Å². The van der Waals surface area contributed by atoms with Crippen molar-refractivity contribution >= 4 is 6.09 Å². The van der Waals surface area contributed by atoms with E-state index >= 15 is 0 Å². The van der Waals surface area contributed by atoms with E-state index in [1.165, 1.54) is 4.90 Å². The van der Waals surface area contributed by atoms with Gasteiger partial charge in [-0.2, -0.15) is 0 Å². The van der Waals surface area contributed by atoms with Crippen LogP contribution >= 0.6 is 0 Å². The monoisotopic (exact) mass is 291 g/mol. The van der Waals surface area contributed by atoms with E-state index in [-0.39, 0.29) is 6.61 Å². The Morgan fingerprint density at radius 1 is 1.29 bits per heavy atom. The van der Waals surface area contributed by atoms with Crippen molar-refractivity contribution in [3.05, 3.63) is 35.9 Å². The van der Waals surface area contributed by atoms with E-state index < -0.39 is 23.0 Å². The van der Waals surface area contributed by atoms with Crippen molar-refractivity contribution in [1.82, 2.24) is 4.90 Å². The Kier molecular flexibility index (Phi) is 3.04. The lowest BCUT2D eigenvalue weighted by molar-refractivity contribution is -0.0671. The molecular formula is C16H21NO4. The topological polar surface area (TPSA) is 70.0 Å². The fourth-order valence-electron chi connectivity index (χ4n) is 3.51. The maximum atomic E-state index is 11.8. The molecule has 1 atom stereocenters. The Hall–Kier alpha value is -1.59. The first-order valence-electron chi connectivity index (χ1n) is 7.24. The molecule has 5 nitrogen and oxygen atoms in total. The minimum absolute atomic E-state index is 0.220. The first-order chi connectivity index (χ1) is 9.81. The number of hydrogen-bond donors (Lipinski definition) is 2. The molecule has 1 amide bonds. The molecule has 1 aliphatic carbocycles. The summed E-state index contributed by atoms with van der Waals surface area (Å²) in [6, 6.07) is 9.68. The van der Waals surface area contributed by atoms with E-state index in [9.17, 15) is 15.0 Å². The second-order valence-corrected chi connectivity index (χ2v) is 6.58. The van der Waals surface area contributed by atoms with Crippen molar-refractivity contribution in [2.45, 2.75) is 50.0 Å². The van der Waals surface area contributed by atoms with Crippen LogP contribution in [-0.4, -0.2) is 44.7 Å². The van der Waals surface area contributed by atoms with Gasteiger partial charge in [0.2, 0.25) is 0 Å². The molecule has 1 aliphatic heterocycles. The van der Waals surface area contributed by atoms with E-state index in [0.29, 0.717) is 19.3 Å². The molecule has 0 radical (unpaired) electrons. The number of carboxylic acid groups (broad SMARTS) is 1. The van der Waals surface area contributed by atoms with Crippen LogP contribution < -0.4 is 0 Å². The van der Waals surface area contributed by atoms with Gasteiger partial charge in [-0.25, -0.2) is 4.79 Å². The van der Waals surface area contributed by atoms with Crippen LogP contribution in [0.25, 0.3) is 0 Å². The van der Waals surface area contributed by atoms with Gasteiger partial charge < -0.3 is 14.9 Å². The van der Waals surface area contributed by atoms with Crippen LogP contribution in [-0.2, 0) is 11.2 Å². The Balaban J connectivity index is 2.04. The number of carbonyl (C=O) groups is 1.